The fourth-order valence-corrected chi connectivity index (χ4v) is 4.06. The molecule has 0 bridgehead atoms. The molecule has 6 nitrogen and oxygen atoms in total. The number of likely N-dealkylation sites (tertiary alicyclic amines) is 1. The first-order chi connectivity index (χ1) is 11.8. The number of piperazine rings is 1. The van der Waals surface area contributed by atoms with Gasteiger partial charge in [0.15, 0.2) is 5.96 Å². The topological polar surface area (TPSA) is 43.3 Å². The molecule has 0 aromatic carbocycles. The Hall–Kier alpha value is -0.120. The Balaban J connectivity index is 0.00000225. The molecule has 0 aromatic rings. The second-order valence-electron chi connectivity index (χ2n) is 7.49. The van der Waals surface area contributed by atoms with Gasteiger partial charge in [0.1, 0.15) is 0 Å². The van der Waals surface area contributed by atoms with Crippen molar-refractivity contribution in [2.45, 2.75) is 32.2 Å². The van der Waals surface area contributed by atoms with Gasteiger partial charge in [0, 0.05) is 51.9 Å². The smallest absolute Gasteiger partial charge is 0.194 e. The maximum absolute atomic E-state index is 5.51. The Morgan fingerprint density at radius 1 is 1.16 bits per heavy atom. The minimum atomic E-state index is 0. The van der Waals surface area contributed by atoms with E-state index in [-0.39, 0.29) is 24.0 Å². The molecule has 3 aliphatic rings. The number of aliphatic imine (C=N–C) groups is 1. The third kappa shape index (κ3) is 6.22. The van der Waals surface area contributed by atoms with Gasteiger partial charge >= 0.3 is 0 Å². The first kappa shape index (κ1) is 21.2. The van der Waals surface area contributed by atoms with Gasteiger partial charge in [-0.25, -0.2) is 0 Å². The molecule has 146 valence electrons. The zero-order valence-electron chi connectivity index (χ0n) is 16.0. The number of ether oxygens (including phenoxy) is 1. The van der Waals surface area contributed by atoms with Gasteiger partial charge in [0.05, 0.1) is 13.2 Å². The van der Waals surface area contributed by atoms with Crippen LogP contribution in [0.4, 0.5) is 0 Å². The Kier molecular flexibility index (Phi) is 9.23. The van der Waals surface area contributed by atoms with Crippen LogP contribution >= 0.6 is 24.0 Å². The maximum Gasteiger partial charge on any atom is 0.194 e. The first-order valence-corrected chi connectivity index (χ1v) is 9.80. The van der Waals surface area contributed by atoms with Gasteiger partial charge in [-0.3, -0.25) is 9.89 Å². The largest absolute Gasteiger partial charge is 0.381 e. The van der Waals surface area contributed by atoms with Crippen LogP contribution in [0.25, 0.3) is 0 Å². The average Bonchev–Trinajstić information content (AvgIpc) is 3.24. The summed E-state index contributed by atoms with van der Waals surface area (Å²) in [6, 6.07) is 0.627. The zero-order valence-corrected chi connectivity index (χ0v) is 18.3. The molecule has 0 aliphatic carbocycles. The van der Waals surface area contributed by atoms with Crippen molar-refractivity contribution >= 4 is 29.9 Å². The highest BCUT2D eigenvalue weighted by Gasteiger charge is 2.25. The number of nitrogens with one attached hydrogen (secondary N) is 1. The van der Waals surface area contributed by atoms with E-state index in [4.69, 9.17) is 9.73 Å². The van der Waals surface area contributed by atoms with Gasteiger partial charge in [0.2, 0.25) is 0 Å². The van der Waals surface area contributed by atoms with Crippen LogP contribution in [0.5, 0.6) is 0 Å². The normalized spacial score (nSPS) is 29.0. The molecule has 0 radical (unpaired) electrons. The Labute approximate surface area is 170 Å². The molecule has 7 heteroatoms. The SMILES string of the molecule is CCNC(=NCC1CCCN1C)N1CCN(CC2CCOC2)CC1.I. The number of likely N-dealkylation sites (N-methyl/N-ethyl adjacent to an activating group) is 1. The van der Waals surface area contributed by atoms with Crippen LogP contribution in [0.1, 0.15) is 26.2 Å². The summed E-state index contributed by atoms with van der Waals surface area (Å²) < 4.78 is 5.51. The van der Waals surface area contributed by atoms with Gasteiger partial charge in [-0.1, -0.05) is 0 Å². The van der Waals surface area contributed by atoms with Gasteiger partial charge in [-0.2, -0.15) is 0 Å². The van der Waals surface area contributed by atoms with Crippen molar-refractivity contribution in [1.82, 2.24) is 20.0 Å². The molecule has 25 heavy (non-hydrogen) atoms. The van der Waals surface area contributed by atoms with E-state index in [1.807, 2.05) is 0 Å². The fraction of sp³-hybridized carbons (Fsp3) is 0.944. The molecule has 3 aliphatic heterocycles. The molecule has 0 amide bonds. The summed E-state index contributed by atoms with van der Waals surface area (Å²) in [5.74, 6) is 1.86. The summed E-state index contributed by atoms with van der Waals surface area (Å²) in [6.07, 6.45) is 3.84. The van der Waals surface area contributed by atoms with Crippen LogP contribution in [-0.2, 0) is 4.74 Å². The number of halogens is 1. The lowest BCUT2D eigenvalue weighted by Crippen LogP contribution is -2.53. The minimum absolute atomic E-state index is 0. The summed E-state index contributed by atoms with van der Waals surface area (Å²) in [5, 5.41) is 3.50. The molecule has 3 fully saturated rings. The lowest BCUT2D eigenvalue weighted by Gasteiger charge is -2.37. The summed E-state index contributed by atoms with van der Waals surface area (Å²) in [6.45, 7) is 12.8. The summed E-state index contributed by atoms with van der Waals surface area (Å²) in [5.41, 5.74) is 0. The number of hydrogen-bond donors (Lipinski definition) is 1. The molecule has 3 saturated heterocycles. The van der Waals surface area contributed by atoms with E-state index in [1.165, 1.54) is 32.4 Å². The maximum atomic E-state index is 5.51. The molecule has 1 N–H and O–H groups in total. The predicted molar refractivity (Wildman–Crippen MR) is 114 cm³/mol. The second kappa shape index (κ2) is 10.9. The second-order valence-corrected chi connectivity index (χ2v) is 7.49. The molecule has 2 unspecified atom stereocenters. The van der Waals surface area contributed by atoms with Crippen molar-refractivity contribution < 1.29 is 4.74 Å². The summed E-state index contributed by atoms with van der Waals surface area (Å²) in [7, 11) is 2.23. The summed E-state index contributed by atoms with van der Waals surface area (Å²) in [4.78, 5) is 12.4. The molecule has 0 aromatic heterocycles. The van der Waals surface area contributed by atoms with Crippen LogP contribution in [0.15, 0.2) is 4.99 Å². The van der Waals surface area contributed by atoms with Crippen LogP contribution < -0.4 is 5.32 Å². The number of nitrogens with zero attached hydrogens (tertiary/aromatic N) is 4. The van der Waals surface area contributed by atoms with E-state index in [9.17, 15) is 0 Å². The van der Waals surface area contributed by atoms with Crippen LogP contribution in [0.2, 0.25) is 0 Å². The van der Waals surface area contributed by atoms with E-state index in [0.717, 1.165) is 64.4 Å². The molecular weight excluding hydrogens is 429 g/mol. The highest BCUT2D eigenvalue weighted by atomic mass is 127. The van der Waals surface area contributed by atoms with Gasteiger partial charge in [0.25, 0.3) is 0 Å². The molecule has 0 saturated carbocycles. The predicted octanol–water partition coefficient (Wildman–Crippen LogP) is 1.32. The van der Waals surface area contributed by atoms with Crippen LogP contribution in [-0.4, -0.2) is 99.3 Å². The fourth-order valence-electron chi connectivity index (χ4n) is 4.06. The lowest BCUT2D eigenvalue weighted by atomic mass is 10.1. The summed E-state index contributed by atoms with van der Waals surface area (Å²) >= 11 is 0. The third-order valence-electron chi connectivity index (χ3n) is 5.67. The zero-order chi connectivity index (χ0) is 16.8. The molecule has 2 atom stereocenters. The standard InChI is InChI=1S/C18H35N5O.HI/c1-3-19-18(20-13-17-5-4-7-21(17)2)23-10-8-22(9-11-23)14-16-6-12-24-15-16;/h16-17H,3-15H2,1-2H3,(H,19,20);1H. The van der Waals surface area contributed by atoms with E-state index >= 15 is 0 Å². The van der Waals surface area contributed by atoms with Crippen molar-refractivity contribution in [3.63, 3.8) is 0 Å². The molecule has 0 spiro atoms. The average molecular weight is 465 g/mol. The van der Waals surface area contributed by atoms with E-state index in [2.05, 4.69) is 34.0 Å². The Morgan fingerprint density at radius 2 is 1.96 bits per heavy atom. The van der Waals surface area contributed by atoms with Crippen LogP contribution in [0.3, 0.4) is 0 Å². The number of guanidine groups is 1. The van der Waals surface area contributed by atoms with Gasteiger partial charge in [-0.15, -0.1) is 24.0 Å². The van der Waals surface area contributed by atoms with Crippen LogP contribution in [0, 0.1) is 5.92 Å². The van der Waals surface area contributed by atoms with Crippen molar-refractivity contribution in [2.75, 3.05) is 72.6 Å². The lowest BCUT2D eigenvalue weighted by molar-refractivity contribution is 0.139. The van der Waals surface area contributed by atoms with Gasteiger partial charge < -0.3 is 19.9 Å². The van der Waals surface area contributed by atoms with E-state index in [0.29, 0.717) is 6.04 Å². The van der Waals surface area contributed by atoms with Crippen molar-refractivity contribution in [3.05, 3.63) is 0 Å². The highest BCUT2D eigenvalue weighted by molar-refractivity contribution is 14.0. The monoisotopic (exact) mass is 465 g/mol. The highest BCUT2D eigenvalue weighted by Crippen LogP contribution is 2.16. The molecule has 3 heterocycles. The quantitative estimate of drug-likeness (QED) is 0.377. The van der Waals surface area contributed by atoms with E-state index < -0.39 is 0 Å². The number of hydrogen-bond acceptors (Lipinski definition) is 4. The molecule has 3 rings (SSSR count). The van der Waals surface area contributed by atoms with Gasteiger partial charge in [-0.05, 0) is 45.7 Å². The Morgan fingerprint density at radius 3 is 2.56 bits per heavy atom. The first-order valence-electron chi connectivity index (χ1n) is 9.80. The van der Waals surface area contributed by atoms with Crippen molar-refractivity contribution in [2.24, 2.45) is 10.9 Å². The number of rotatable bonds is 5. The minimum Gasteiger partial charge on any atom is -0.381 e. The van der Waals surface area contributed by atoms with E-state index in [1.54, 1.807) is 0 Å². The van der Waals surface area contributed by atoms with Crippen molar-refractivity contribution in [1.29, 1.82) is 0 Å². The molecular formula is C18H36IN5O. The Bertz CT molecular complexity index is 408. The third-order valence-corrected chi connectivity index (χ3v) is 5.67. The van der Waals surface area contributed by atoms with Crippen molar-refractivity contribution in [3.8, 4) is 0 Å².